The summed E-state index contributed by atoms with van der Waals surface area (Å²) in [6.45, 7) is 3.90. The highest BCUT2D eigenvalue weighted by atomic mass is 79.9. The number of rotatable bonds is 3. The Bertz CT molecular complexity index is 640. The summed E-state index contributed by atoms with van der Waals surface area (Å²) in [7, 11) is 0. The van der Waals surface area contributed by atoms with Crippen LogP contribution in [0.1, 0.15) is 33.2 Å². The van der Waals surface area contributed by atoms with Gasteiger partial charge in [0.2, 0.25) is 0 Å². The van der Waals surface area contributed by atoms with Gasteiger partial charge in [0.25, 0.3) is 5.91 Å². The second kappa shape index (κ2) is 6.42. The Morgan fingerprint density at radius 2 is 1.95 bits per heavy atom. The minimum absolute atomic E-state index is 0.125. The van der Waals surface area contributed by atoms with E-state index in [1.807, 2.05) is 38.1 Å². The van der Waals surface area contributed by atoms with Crippen LogP contribution in [0.2, 0.25) is 5.02 Å². The lowest BCUT2D eigenvalue weighted by Crippen LogP contribution is -2.14. The molecule has 1 amide bonds. The molecule has 0 aliphatic carbocycles. The molecule has 20 heavy (non-hydrogen) atoms. The van der Waals surface area contributed by atoms with Crippen LogP contribution in [0.25, 0.3) is 0 Å². The van der Waals surface area contributed by atoms with Crippen molar-refractivity contribution in [1.29, 1.82) is 0 Å². The van der Waals surface area contributed by atoms with Crippen molar-refractivity contribution in [3.8, 4) is 0 Å². The molecular weight excluding hydrogens is 338 g/mol. The first-order valence-electron chi connectivity index (χ1n) is 6.29. The molecular formula is C16H15BrClNO. The number of nitrogens with one attached hydrogen (secondary N) is 1. The molecule has 2 aromatic carbocycles. The molecule has 1 atom stereocenters. The Labute approximate surface area is 132 Å². The molecule has 0 fully saturated rings. The molecule has 2 rings (SSSR count). The van der Waals surface area contributed by atoms with Crippen molar-refractivity contribution < 1.29 is 4.79 Å². The Morgan fingerprint density at radius 3 is 2.60 bits per heavy atom. The zero-order valence-corrected chi connectivity index (χ0v) is 13.6. The molecule has 0 heterocycles. The van der Waals surface area contributed by atoms with E-state index in [2.05, 4.69) is 21.2 Å². The first kappa shape index (κ1) is 15.1. The quantitative estimate of drug-likeness (QED) is 0.741. The molecule has 0 aromatic heterocycles. The van der Waals surface area contributed by atoms with E-state index in [1.54, 1.807) is 18.2 Å². The molecule has 0 aliphatic rings. The molecule has 2 nitrogen and oxygen atoms in total. The number of halogens is 2. The first-order chi connectivity index (χ1) is 9.49. The van der Waals surface area contributed by atoms with Crippen molar-refractivity contribution in [1.82, 2.24) is 0 Å². The number of amides is 1. The van der Waals surface area contributed by atoms with Gasteiger partial charge in [0.05, 0.1) is 0 Å². The van der Waals surface area contributed by atoms with Crippen molar-refractivity contribution in [3.63, 3.8) is 0 Å². The van der Waals surface area contributed by atoms with E-state index < -0.39 is 0 Å². The summed E-state index contributed by atoms with van der Waals surface area (Å²) in [5.41, 5.74) is 3.36. The number of aryl methyl sites for hydroxylation is 1. The van der Waals surface area contributed by atoms with Crippen LogP contribution in [0, 0.1) is 6.92 Å². The molecule has 0 spiro atoms. The Kier molecular flexibility index (Phi) is 4.84. The Balaban J connectivity index is 2.28. The maximum atomic E-state index is 12.4. The summed E-state index contributed by atoms with van der Waals surface area (Å²) < 4.78 is 0. The van der Waals surface area contributed by atoms with E-state index >= 15 is 0 Å². The van der Waals surface area contributed by atoms with E-state index in [9.17, 15) is 4.79 Å². The third-order valence-corrected chi connectivity index (χ3v) is 3.80. The lowest BCUT2D eigenvalue weighted by atomic mass is 10.1. The van der Waals surface area contributed by atoms with Crippen LogP contribution in [0.3, 0.4) is 0 Å². The highest BCUT2D eigenvalue weighted by Gasteiger charge is 2.13. The van der Waals surface area contributed by atoms with E-state index in [0.29, 0.717) is 10.6 Å². The second-order valence-corrected chi connectivity index (χ2v) is 6.43. The number of anilines is 1. The minimum Gasteiger partial charge on any atom is -0.322 e. The Hall–Kier alpha value is -1.32. The van der Waals surface area contributed by atoms with Gasteiger partial charge < -0.3 is 5.32 Å². The zero-order chi connectivity index (χ0) is 14.7. The van der Waals surface area contributed by atoms with Gasteiger partial charge in [-0.2, -0.15) is 0 Å². The standard InChI is InChI=1S/C16H15BrClNO/c1-10-9-12(18)7-8-13(10)16(20)19-15-6-4-3-5-14(15)11(2)17/h3-9,11H,1-2H3,(H,19,20). The molecule has 0 saturated heterocycles. The smallest absolute Gasteiger partial charge is 0.255 e. The number of carbonyl (C=O) groups is 1. The SMILES string of the molecule is Cc1cc(Cl)ccc1C(=O)Nc1ccccc1C(C)Br. The average Bonchev–Trinajstić information content (AvgIpc) is 2.38. The second-order valence-electron chi connectivity index (χ2n) is 4.62. The highest BCUT2D eigenvalue weighted by molar-refractivity contribution is 9.09. The van der Waals surface area contributed by atoms with Crippen molar-refractivity contribution in [2.24, 2.45) is 0 Å². The van der Waals surface area contributed by atoms with Gasteiger partial charge in [0, 0.05) is 21.1 Å². The van der Waals surface area contributed by atoms with E-state index in [4.69, 9.17) is 11.6 Å². The van der Waals surface area contributed by atoms with Crippen LogP contribution in [-0.2, 0) is 0 Å². The molecule has 4 heteroatoms. The van der Waals surface area contributed by atoms with Crippen LogP contribution in [0.15, 0.2) is 42.5 Å². The number of hydrogen-bond donors (Lipinski definition) is 1. The Morgan fingerprint density at radius 1 is 1.25 bits per heavy atom. The summed E-state index contributed by atoms with van der Waals surface area (Å²) in [5.74, 6) is -0.125. The molecule has 0 bridgehead atoms. The van der Waals surface area contributed by atoms with Gasteiger partial charge in [-0.15, -0.1) is 0 Å². The molecule has 104 valence electrons. The van der Waals surface area contributed by atoms with Crippen LogP contribution < -0.4 is 5.32 Å². The fraction of sp³-hybridized carbons (Fsp3) is 0.188. The van der Waals surface area contributed by atoms with Gasteiger partial charge in [-0.05, 0) is 49.2 Å². The van der Waals surface area contributed by atoms with Gasteiger partial charge in [-0.3, -0.25) is 4.79 Å². The summed E-state index contributed by atoms with van der Waals surface area (Å²) in [6.07, 6.45) is 0. The van der Waals surface area contributed by atoms with Crippen LogP contribution in [0.5, 0.6) is 0 Å². The number of para-hydroxylation sites is 1. The van der Waals surface area contributed by atoms with E-state index in [1.165, 1.54) is 0 Å². The van der Waals surface area contributed by atoms with Gasteiger partial charge in [0.15, 0.2) is 0 Å². The van der Waals surface area contributed by atoms with Gasteiger partial charge in [-0.1, -0.05) is 45.7 Å². The number of carbonyl (C=O) groups excluding carboxylic acids is 1. The monoisotopic (exact) mass is 351 g/mol. The third kappa shape index (κ3) is 3.41. The molecule has 1 N–H and O–H groups in total. The van der Waals surface area contributed by atoms with Crippen LogP contribution in [-0.4, -0.2) is 5.91 Å². The summed E-state index contributed by atoms with van der Waals surface area (Å²) in [5, 5.41) is 3.59. The summed E-state index contributed by atoms with van der Waals surface area (Å²) >= 11 is 9.45. The first-order valence-corrected chi connectivity index (χ1v) is 7.59. The lowest BCUT2D eigenvalue weighted by molar-refractivity contribution is 0.102. The minimum atomic E-state index is -0.125. The van der Waals surface area contributed by atoms with Gasteiger partial charge in [0.1, 0.15) is 0 Å². The maximum Gasteiger partial charge on any atom is 0.255 e. The summed E-state index contributed by atoms with van der Waals surface area (Å²) in [6, 6.07) is 13.0. The van der Waals surface area contributed by atoms with Crippen molar-refractivity contribution in [2.45, 2.75) is 18.7 Å². The molecule has 0 aliphatic heterocycles. The largest absolute Gasteiger partial charge is 0.322 e. The molecule has 0 saturated carbocycles. The average molecular weight is 353 g/mol. The fourth-order valence-corrected chi connectivity index (χ4v) is 2.66. The predicted molar refractivity (Wildman–Crippen MR) is 87.9 cm³/mol. The topological polar surface area (TPSA) is 29.1 Å². The highest BCUT2D eigenvalue weighted by Crippen LogP contribution is 2.29. The van der Waals surface area contributed by atoms with Crippen molar-refractivity contribution >= 4 is 39.1 Å². The van der Waals surface area contributed by atoms with Crippen LogP contribution >= 0.6 is 27.5 Å². The predicted octanol–water partition coefficient (Wildman–Crippen LogP) is 5.36. The maximum absolute atomic E-state index is 12.4. The molecule has 1 unspecified atom stereocenters. The van der Waals surface area contributed by atoms with Crippen molar-refractivity contribution in [3.05, 3.63) is 64.2 Å². The molecule has 2 aromatic rings. The number of benzene rings is 2. The normalized spacial score (nSPS) is 12.0. The number of hydrogen-bond acceptors (Lipinski definition) is 1. The van der Waals surface area contributed by atoms with E-state index in [-0.39, 0.29) is 10.7 Å². The fourth-order valence-electron chi connectivity index (χ4n) is 2.03. The van der Waals surface area contributed by atoms with Gasteiger partial charge in [-0.25, -0.2) is 0 Å². The number of alkyl halides is 1. The van der Waals surface area contributed by atoms with Gasteiger partial charge >= 0.3 is 0 Å². The molecule has 0 radical (unpaired) electrons. The zero-order valence-electron chi connectivity index (χ0n) is 11.3. The van der Waals surface area contributed by atoms with E-state index in [0.717, 1.165) is 16.8 Å². The lowest BCUT2D eigenvalue weighted by Gasteiger charge is -2.13. The van der Waals surface area contributed by atoms with Crippen molar-refractivity contribution in [2.75, 3.05) is 5.32 Å². The summed E-state index contributed by atoms with van der Waals surface area (Å²) in [4.78, 5) is 12.5. The van der Waals surface area contributed by atoms with Crippen LogP contribution in [0.4, 0.5) is 5.69 Å². The third-order valence-electron chi connectivity index (χ3n) is 3.07.